The highest BCUT2D eigenvalue weighted by molar-refractivity contribution is 7.26. The van der Waals surface area contributed by atoms with Crippen LogP contribution in [0, 0.1) is 0 Å². The second kappa shape index (κ2) is 3.60. The van der Waals surface area contributed by atoms with Gasteiger partial charge in [-0.1, -0.05) is 19.1 Å². The summed E-state index contributed by atoms with van der Waals surface area (Å²) in [4.78, 5) is 11.6. The van der Waals surface area contributed by atoms with E-state index in [9.17, 15) is 9.90 Å². The van der Waals surface area contributed by atoms with Crippen molar-refractivity contribution >= 4 is 37.5 Å². The van der Waals surface area contributed by atoms with Crippen molar-refractivity contribution in [2.24, 2.45) is 0 Å². The Labute approximate surface area is 101 Å². The van der Waals surface area contributed by atoms with Gasteiger partial charge in [-0.2, -0.15) is 0 Å². The number of benzene rings is 1. The summed E-state index contributed by atoms with van der Waals surface area (Å²) in [5, 5.41) is 10.9. The second-order valence-corrected chi connectivity index (χ2v) is 4.87. The molecule has 0 aliphatic heterocycles. The number of rotatable bonds is 2. The van der Waals surface area contributed by atoms with Gasteiger partial charge in [0.2, 0.25) is 11.5 Å². The largest absolute Gasteiger partial charge is 0.503 e. The lowest BCUT2D eigenvalue weighted by molar-refractivity contribution is 0.0960. The summed E-state index contributed by atoms with van der Waals surface area (Å²) in [7, 11) is 0. The molecule has 1 N–H and O–H groups in total. The van der Waals surface area contributed by atoms with Gasteiger partial charge < -0.3 is 9.52 Å². The molecule has 0 bridgehead atoms. The second-order valence-electron chi connectivity index (χ2n) is 3.81. The van der Waals surface area contributed by atoms with Crippen LogP contribution in [0.15, 0.2) is 28.7 Å². The van der Waals surface area contributed by atoms with Crippen molar-refractivity contribution in [2.75, 3.05) is 0 Å². The van der Waals surface area contributed by atoms with E-state index in [1.165, 1.54) is 11.3 Å². The highest BCUT2D eigenvalue weighted by atomic mass is 32.1. The third kappa shape index (κ3) is 1.37. The predicted octanol–water partition coefficient (Wildman–Crippen LogP) is 3.95. The van der Waals surface area contributed by atoms with E-state index in [2.05, 4.69) is 0 Å². The minimum atomic E-state index is -0.171. The van der Waals surface area contributed by atoms with Crippen molar-refractivity contribution < 1.29 is 14.3 Å². The molecule has 17 heavy (non-hydrogen) atoms. The van der Waals surface area contributed by atoms with Gasteiger partial charge in [0.15, 0.2) is 11.3 Å². The first-order valence-corrected chi connectivity index (χ1v) is 6.20. The Kier molecular flexibility index (Phi) is 2.19. The fourth-order valence-electron chi connectivity index (χ4n) is 1.88. The molecular weight excluding hydrogens is 236 g/mol. The predicted molar refractivity (Wildman–Crippen MR) is 67.9 cm³/mol. The molecule has 4 heteroatoms. The highest BCUT2D eigenvalue weighted by Crippen LogP contribution is 2.42. The maximum atomic E-state index is 11.6. The summed E-state index contributed by atoms with van der Waals surface area (Å²) in [6.07, 6.45) is 0.326. The summed E-state index contributed by atoms with van der Waals surface area (Å²) < 4.78 is 7.22. The quantitative estimate of drug-likeness (QED) is 0.696. The van der Waals surface area contributed by atoms with Crippen molar-refractivity contribution in [1.82, 2.24) is 0 Å². The van der Waals surface area contributed by atoms with E-state index in [1.54, 1.807) is 6.92 Å². The number of fused-ring (bicyclic) bond motifs is 3. The molecule has 0 saturated heterocycles. The first kappa shape index (κ1) is 10.4. The van der Waals surface area contributed by atoms with E-state index in [0.29, 0.717) is 16.7 Å². The highest BCUT2D eigenvalue weighted by Gasteiger charge is 2.22. The number of ketones is 1. The lowest BCUT2D eigenvalue weighted by Gasteiger charge is -1.92. The van der Waals surface area contributed by atoms with Crippen LogP contribution in [-0.2, 0) is 0 Å². The molecule has 2 aromatic heterocycles. The van der Waals surface area contributed by atoms with E-state index in [4.69, 9.17) is 4.42 Å². The summed E-state index contributed by atoms with van der Waals surface area (Å²) in [6, 6.07) is 7.75. The molecule has 0 fully saturated rings. The van der Waals surface area contributed by atoms with Crippen molar-refractivity contribution in [2.45, 2.75) is 13.3 Å². The van der Waals surface area contributed by atoms with Gasteiger partial charge >= 0.3 is 0 Å². The Morgan fingerprint density at radius 3 is 2.94 bits per heavy atom. The molecule has 3 aromatic rings. The number of hydrogen-bond acceptors (Lipinski definition) is 4. The van der Waals surface area contributed by atoms with Crippen LogP contribution < -0.4 is 0 Å². The Bertz CT molecular complexity index is 721. The van der Waals surface area contributed by atoms with E-state index in [-0.39, 0.29) is 17.3 Å². The zero-order valence-electron chi connectivity index (χ0n) is 9.19. The number of hydrogen-bond donors (Lipinski definition) is 1. The Balaban J connectivity index is 2.38. The summed E-state index contributed by atoms with van der Waals surface area (Å²) >= 11 is 1.44. The van der Waals surface area contributed by atoms with E-state index >= 15 is 0 Å². The van der Waals surface area contributed by atoms with Crippen LogP contribution in [0.2, 0.25) is 0 Å². The van der Waals surface area contributed by atoms with Gasteiger partial charge in [0.25, 0.3) is 0 Å². The third-order valence-corrected chi connectivity index (χ3v) is 3.92. The van der Waals surface area contributed by atoms with Crippen LogP contribution >= 0.6 is 11.3 Å². The van der Waals surface area contributed by atoms with Gasteiger partial charge in [-0.3, -0.25) is 4.79 Å². The van der Waals surface area contributed by atoms with Crippen LogP contribution in [0.3, 0.4) is 0 Å². The van der Waals surface area contributed by atoms with E-state index < -0.39 is 0 Å². The van der Waals surface area contributed by atoms with Crippen LogP contribution in [-0.4, -0.2) is 10.9 Å². The summed E-state index contributed by atoms with van der Waals surface area (Å²) in [6.45, 7) is 1.75. The van der Waals surface area contributed by atoms with Crippen molar-refractivity contribution in [1.29, 1.82) is 0 Å². The maximum absolute atomic E-state index is 11.6. The fourth-order valence-corrected chi connectivity index (χ4v) is 2.95. The Morgan fingerprint density at radius 2 is 2.18 bits per heavy atom. The molecule has 0 amide bonds. The number of aromatic hydroxyl groups is 1. The summed E-state index contributed by atoms with van der Waals surface area (Å²) in [5.74, 6) is -0.109. The van der Waals surface area contributed by atoms with Crippen molar-refractivity contribution in [3.63, 3.8) is 0 Å². The molecule has 0 atom stereocenters. The number of carbonyl (C=O) groups is 1. The molecule has 3 rings (SSSR count). The third-order valence-electron chi connectivity index (χ3n) is 2.76. The normalized spacial score (nSPS) is 11.4. The number of furan rings is 1. The van der Waals surface area contributed by atoms with Crippen LogP contribution in [0.4, 0.5) is 0 Å². The van der Waals surface area contributed by atoms with Crippen LogP contribution in [0.5, 0.6) is 5.75 Å². The first-order valence-electron chi connectivity index (χ1n) is 5.38. The Hall–Kier alpha value is -1.81. The average molecular weight is 246 g/mol. The molecule has 2 heterocycles. The van der Waals surface area contributed by atoms with Crippen LogP contribution in [0.25, 0.3) is 20.4 Å². The molecule has 3 nitrogen and oxygen atoms in total. The fraction of sp³-hybridized carbons (Fsp3) is 0.154. The smallest absolute Gasteiger partial charge is 0.213 e. The molecule has 86 valence electrons. The molecule has 0 radical (unpaired) electrons. The molecule has 0 unspecified atom stereocenters. The minimum absolute atomic E-state index is 0.0203. The maximum Gasteiger partial charge on any atom is 0.213 e. The van der Waals surface area contributed by atoms with Gasteiger partial charge in [-0.25, -0.2) is 0 Å². The Morgan fingerprint density at radius 1 is 1.41 bits per heavy atom. The standard InChI is InChI=1S/C13H10O3S/c1-2-8(14)12-10(15)13-11(16-12)7-5-3-4-6-9(7)17-13/h3-6,15H,2H2,1H3. The summed E-state index contributed by atoms with van der Waals surface area (Å²) in [5.41, 5.74) is 0.611. The first-order chi connectivity index (χ1) is 8.22. The zero-order valence-corrected chi connectivity index (χ0v) is 10.0. The number of thiophene rings is 1. The van der Waals surface area contributed by atoms with Gasteiger partial charge in [-0.05, 0) is 12.1 Å². The lowest BCUT2D eigenvalue weighted by atomic mass is 10.2. The van der Waals surface area contributed by atoms with Crippen LogP contribution in [0.1, 0.15) is 23.9 Å². The average Bonchev–Trinajstić information content (AvgIpc) is 2.86. The lowest BCUT2D eigenvalue weighted by Crippen LogP contribution is -1.93. The van der Waals surface area contributed by atoms with Crippen molar-refractivity contribution in [3.05, 3.63) is 30.0 Å². The van der Waals surface area contributed by atoms with Gasteiger partial charge in [0.05, 0.1) is 0 Å². The molecule has 0 aliphatic carbocycles. The minimum Gasteiger partial charge on any atom is -0.503 e. The van der Waals surface area contributed by atoms with Gasteiger partial charge in [0.1, 0.15) is 4.70 Å². The SMILES string of the molecule is CCC(=O)c1oc2c(sc3ccccc32)c1O. The number of Topliss-reactive ketones (excluding diaryl/α,β-unsaturated/α-hetero) is 1. The molecule has 0 spiro atoms. The van der Waals surface area contributed by atoms with E-state index in [1.807, 2.05) is 24.3 Å². The molecular formula is C13H10O3S. The monoisotopic (exact) mass is 246 g/mol. The van der Waals surface area contributed by atoms with Crippen molar-refractivity contribution in [3.8, 4) is 5.75 Å². The zero-order chi connectivity index (χ0) is 12.0. The molecule has 0 saturated carbocycles. The van der Waals surface area contributed by atoms with Gasteiger partial charge in [-0.15, -0.1) is 11.3 Å². The molecule has 1 aromatic carbocycles. The topological polar surface area (TPSA) is 50.4 Å². The van der Waals surface area contributed by atoms with Gasteiger partial charge in [0, 0.05) is 16.5 Å². The molecule has 0 aliphatic rings. The van der Waals surface area contributed by atoms with E-state index in [0.717, 1.165) is 10.1 Å². The number of carbonyl (C=O) groups excluding carboxylic acids is 1.